The van der Waals surface area contributed by atoms with E-state index in [1.807, 2.05) is 12.1 Å². The summed E-state index contributed by atoms with van der Waals surface area (Å²) in [6, 6.07) is 8.86. The largest absolute Gasteiger partial charge is 0.497 e. The number of nitrogens with one attached hydrogen (secondary N) is 1. The van der Waals surface area contributed by atoms with Crippen LogP contribution in [-0.2, 0) is 13.1 Å². The van der Waals surface area contributed by atoms with Crippen molar-refractivity contribution >= 4 is 11.8 Å². The van der Waals surface area contributed by atoms with Crippen molar-refractivity contribution in [3.63, 3.8) is 0 Å². The topological polar surface area (TPSA) is 44.4 Å². The highest BCUT2D eigenvalue weighted by Gasteiger charge is 2.34. The fourth-order valence-electron chi connectivity index (χ4n) is 3.45. The molecule has 2 aromatic rings. The lowest BCUT2D eigenvalue weighted by molar-refractivity contribution is -0.932. The molecule has 6 heteroatoms. The molecule has 0 radical (unpaired) electrons. The van der Waals surface area contributed by atoms with Gasteiger partial charge in [0.1, 0.15) is 18.3 Å². The van der Waals surface area contributed by atoms with Crippen LogP contribution in [0, 0.1) is 0 Å². The number of hydrogen-bond acceptors (Lipinski definition) is 4. The Kier molecular flexibility index (Phi) is 5.23. The van der Waals surface area contributed by atoms with Crippen LogP contribution in [0.3, 0.4) is 0 Å². The monoisotopic (exact) mass is 333 g/mol. The van der Waals surface area contributed by atoms with Crippen molar-refractivity contribution in [3.05, 3.63) is 35.7 Å². The Morgan fingerprint density at radius 2 is 2.09 bits per heavy atom. The number of thioether (sulfide) groups is 1. The number of aromatic nitrogens is 3. The molecule has 1 aromatic carbocycles. The predicted molar refractivity (Wildman–Crippen MR) is 92.0 cm³/mol. The Morgan fingerprint density at radius 3 is 2.74 bits per heavy atom. The third kappa shape index (κ3) is 3.38. The zero-order valence-corrected chi connectivity index (χ0v) is 14.9. The van der Waals surface area contributed by atoms with Gasteiger partial charge in [-0.1, -0.05) is 11.8 Å². The Hall–Kier alpha value is -1.53. The van der Waals surface area contributed by atoms with Gasteiger partial charge in [-0.05, 0) is 37.4 Å². The fourth-order valence-corrected chi connectivity index (χ4v) is 4.01. The SMILES string of the molecule is CCn1c(SC)nnc1[C@H]1CCC[NH+]1Cc1ccc(OC)cc1. The van der Waals surface area contributed by atoms with Crippen molar-refractivity contribution < 1.29 is 9.64 Å². The molecule has 0 amide bonds. The van der Waals surface area contributed by atoms with Crippen LogP contribution >= 0.6 is 11.8 Å². The molecule has 1 N–H and O–H groups in total. The summed E-state index contributed by atoms with van der Waals surface area (Å²) in [4.78, 5) is 1.59. The molecule has 2 atom stereocenters. The Labute approximate surface area is 142 Å². The van der Waals surface area contributed by atoms with Gasteiger partial charge in [0.25, 0.3) is 0 Å². The normalized spacial score (nSPS) is 20.8. The van der Waals surface area contributed by atoms with Crippen LogP contribution in [0.5, 0.6) is 5.75 Å². The molecule has 1 unspecified atom stereocenters. The molecule has 0 bridgehead atoms. The van der Waals surface area contributed by atoms with Gasteiger partial charge in [0.15, 0.2) is 11.0 Å². The van der Waals surface area contributed by atoms with Gasteiger partial charge >= 0.3 is 0 Å². The molecule has 3 rings (SSSR count). The molecule has 0 aliphatic carbocycles. The minimum Gasteiger partial charge on any atom is -0.497 e. The molecule has 2 heterocycles. The van der Waals surface area contributed by atoms with Crippen molar-refractivity contribution in [2.45, 2.75) is 44.1 Å². The van der Waals surface area contributed by atoms with Gasteiger partial charge in [0, 0.05) is 24.9 Å². The molecule has 0 saturated carbocycles. The van der Waals surface area contributed by atoms with E-state index in [1.54, 1.807) is 23.8 Å². The molecular weight excluding hydrogens is 308 g/mol. The van der Waals surface area contributed by atoms with Crippen LogP contribution in [0.4, 0.5) is 0 Å². The molecule has 1 fully saturated rings. The molecule has 1 aliphatic rings. The minimum atomic E-state index is 0.449. The molecule has 1 aliphatic heterocycles. The highest BCUT2D eigenvalue weighted by molar-refractivity contribution is 7.98. The van der Waals surface area contributed by atoms with E-state index in [-0.39, 0.29) is 0 Å². The predicted octanol–water partition coefficient (Wildman–Crippen LogP) is 1.95. The standard InChI is InChI=1S/C17H24N4OS/c1-4-21-16(18-19-17(21)23-3)15-6-5-11-20(15)12-13-7-9-14(22-2)10-8-13/h7-10,15H,4-6,11-12H2,1-3H3/p+1/t15-/m1/s1. The quantitative estimate of drug-likeness (QED) is 0.821. The molecule has 124 valence electrons. The third-order valence-corrected chi connectivity index (χ3v) is 5.30. The van der Waals surface area contributed by atoms with Crippen LogP contribution in [0.15, 0.2) is 29.4 Å². The first kappa shape index (κ1) is 16.3. The first-order valence-electron chi connectivity index (χ1n) is 8.21. The average molecular weight is 333 g/mol. The number of benzene rings is 1. The van der Waals surface area contributed by atoms with E-state index < -0.39 is 0 Å². The van der Waals surface area contributed by atoms with E-state index in [0.29, 0.717) is 6.04 Å². The van der Waals surface area contributed by atoms with Gasteiger partial charge in [-0.3, -0.25) is 0 Å². The molecule has 23 heavy (non-hydrogen) atoms. The average Bonchev–Trinajstić information content (AvgIpc) is 3.20. The third-order valence-electron chi connectivity index (χ3n) is 4.63. The van der Waals surface area contributed by atoms with Crippen molar-refractivity contribution in [1.82, 2.24) is 14.8 Å². The van der Waals surface area contributed by atoms with Crippen LogP contribution < -0.4 is 9.64 Å². The van der Waals surface area contributed by atoms with Gasteiger partial charge < -0.3 is 14.2 Å². The molecular formula is C17H25N4OS+. The summed E-state index contributed by atoms with van der Waals surface area (Å²) >= 11 is 1.68. The van der Waals surface area contributed by atoms with E-state index in [1.165, 1.54) is 24.9 Å². The Balaban J connectivity index is 1.78. The fraction of sp³-hybridized carbons (Fsp3) is 0.529. The highest BCUT2D eigenvalue weighted by atomic mass is 32.2. The molecule has 5 nitrogen and oxygen atoms in total. The van der Waals surface area contributed by atoms with Gasteiger partial charge in [-0.15, -0.1) is 10.2 Å². The number of ether oxygens (including phenoxy) is 1. The summed E-state index contributed by atoms with van der Waals surface area (Å²) in [5, 5.41) is 9.90. The zero-order valence-electron chi connectivity index (χ0n) is 14.1. The number of methoxy groups -OCH3 is 1. The van der Waals surface area contributed by atoms with Crippen molar-refractivity contribution in [2.24, 2.45) is 0 Å². The maximum absolute atomic E-state index is 5.24. The second kappa shape index (κ2) is 7.36. The summed E-state index contributed by atoms with van der Waals surface area (Å²) in [6.07, 6.45) is 4.51. The van der Waals surface area contributed by atoms with E-state index in [0.717, 1.165) is 29.8 Å². The maximum Gasteiger partial charge on any atom is 0.192 e. The van der Waals surface area contributed by atoms with E-state index in [4.69, 9.17) is 4.74 Å². The number of nitrogens with zero attached hydrogens (tertiary/aromatic N) is 3. The number of hydrogen-bond donors (Lipinski definition) is 1. The molecule has 0 spiro atoms. The lowest BCUT2D eigenvalue weighted by Crippen LogP contribution is -3.09. The van der Waals surface area contributed by atoms with Crippen LogP contribution in [0.2, 0.25) is 0 Å². The van der Waals surface area contributed by atoms with Crippen molar-refractivity contribution in [1.29, 1.82) is 0 Å². The van der Waals surface area contributed by atoms with E-state index in [2.05, 4.69) is 40.1 Å². The Bertz CT molecular complexity index is 641. The summed E-state index contributed by atoms with van der Waals surface area (Å²) in [6.45, 7) is 5.33. The van der Waals surface area contributed by atoms with Gasteiger partial charge in [0.2, 0.25) is 0 Å². The minimum absolute atomic E-state index is 0.449. The number of rotatable bonds is 6. The van der Waals surface area contributed by atoms with E-state index >= 15 is 0 Å². The maximum atomic E-state index is 5.24. The van der Waals surface area contributed by atoms with Crippen molar-refractivity contribution in [2.75, 3.05) is 19.9 Å². The molecule has 1 aromatic heterocycles. The number of likely N-dealkylation sites (tertiary alicyclic amines) is 1. The number of quaternary nitrogens is 1. The van der Waals surface area contributed by atoms with E-state index in [9.17, 15) is 0 Å². The second-order valence-electron chi connectivity index (χ2n) is 5.92. The zero-order chi connectivity index (χ0) is 16.2. The smallest absolute Gasteiger partial charge is 0.192 e. The summed E-state index contributed by atoms with van der Waals surface area (Å²) < 4.78 is 7.52. The van der Waals surface area contributed by atoms with Gasteiger partial charge in [-0.2, -0.15) is 0 Å². The van der Waals surface area contributed by atoms with Crippen molar-refractivity contribution in [3.8, 4) is 5.75 Å². The van der Waals surface area contributed by atoms with Gasteiger partial charge in [0.05, 0.1) is 13.7 Å². The van der Waals surface area contributed by atoms with Crippen LogP contribution in [-0.4, -0.2) is 34.7 Å². The first-order valence-corrected chi connectivity index (χ1v) is 9.43. The summed E-state index contributed by atoms with van der Waals surface area (Å²) in [7, 11) is 1.71. The summed E-state index contributed by atoms with van der Waals surface area (Å²) in [5.74, 6) is 2.06. The second-order valence-corrected chi connectivity index (χ2v) is 6.69. The Morgan fingerprint density at radius 1 is 1.30 bits per heavy atom. The van der Waals surface area contributed by atoms with Gasteiger partial charge in [-0.25, -0.2) is 0 Å². The van der Waals surface area contributed by atoms with Crippen LogP contribution in [0.25, 0.3) is 0 Å². The summed E-state index contributed by atoms with van der Waals surface area (Å²) in [5.41, 5.74) is 1.35. The lowest BCUT2D eigenvalue weighted by Gasteiger charge is -2.21. The van der Waals surface area contributed by atoms with Crippen LogP contribution in [0.1, 0.15) is 37.2 Å². The lowest BCUT2D eigenvalue weighted by atomic mass is 10.1. The molecule has 1 saturated heterocycles. The first-order chi connectivity index (χ1) is 11.3. The highest BCUT2D eigenvalue weighted by Crippen LogP contribution is 2.22.